The molecule has 0 N–H and O–H groups in total. The molecule has 86 valence electrons. The third-order valence-electron chi connectivity index (χ3n) is 3.35. The molecule has 0 aliphatic heterocycles. The highest BCUT2D eigenvalue weighted by Gasteiger charge is 2.20. The van der Waals surface area contributed by atoms with Gasteiger partial charge in [-0.1, -0.05) is 12.1 Å². The third kappa shape index (κ3) is 1.37. The van der Waals surface area contributed by atoms with Crippen LogP contribution in [0.15, 0.2) is 42.6 Å². The first kappa shape index (κ1) is 10.3. The lowest BCUT2D eigenvalue weighted by atomic mass is 10.2. The van der Waals surface area contributed by atoms with Crippen LogP contribution in [0.2, 0.25) is 0 Å². The zero-order valence-corrected chi connectivity index (χ0v) is 10.5. The lowest BCUT2D eigenvalue weighted by molar-refractivity contribution is -0.647. The smallest absolute Gasteiger partial charge is 0.236 e. The van der Waals surface area contributed by atoms with Crippen LogP contribution in [0.1, 0.15) is 19.9 Å². The van der Waals surface area contributed by atoms with Crippen LogP contribution >= 0.6 is 0 Å². The third-order valence-corrected chi connectivity index (χ3v) is 3.35. The minimum atomic E-state index is 0.464. The fourth-order valence-corrected chi connectivity index (χ4v) is 2.66. The molecule has 0 radical (unpaired) electrons. The van der Waals surface area contributed by atoms with Crippen LogP contribution in [0.25, 0.3) is 21.9 Å². The number of hydrogen-bond donors (Lipinski definition) is 0. The van der Waals surface area contributed by atoms with Crippen LogP contribution in [0.4, 0.5) is 0 Å². The van der Waals surface area contributed by atoms with Crippen molar-refractivity contribution in [2.45, 2.75) is 19.9 Å². The number of nitrogens with zero attached hydrogens (tertiary/aromatic N) is 2. The summed E-state index contributed by atoms with van der Waals surface area (Å²) in [5.41, 5.74) is 2.61. The molecule has 0 atom stereocenters. The van der Waals surface area contributed by atoms with Crippen molar-refractivity contribution in [1.82, 2.24) is 4.57 Å². The first-order chi connectivity index (χ1) is 8.20. The maximum atomic E-state index is 2.41. The Morgan fingerprint density at radius 2 is 1.71 bits per heavy atom. The number of hydrogen-bond acceptors (Lipinski definition) is 0. The minimum absolute atomic E-state index is 0.464. The Hall–Kier alpha value is -1.83. The van der Waals surface area contributed by atoms with Crippen LogP contribution < -0.4 is 4.57 Å². The summed E-state index contributed by atoms with van der Waals surface area (Å²) in [7, 11) is 2.11. The van der Waals surface area contributed by atoms with Gasteiger partial charge in [-0.2, -0.15) is 0 Å². The van der Waals surface area contributed by atoms with Gasteiger partial charge in [-0.15, -0.1) is 0 Å². The summed E-state index contributed by atoms with van der Waals surface area (Å²) in [6.45, 7) is 4.47. The largest absolute Gasteiger partial charge is 0.289 e. The highest BCUT2D eigenvalue weighted by Crippen LogP contribution is 2.29. The van der Waals surface area contributed by atoms with E-state index in [0.29, 0.717) is 6.04 Å². The van der Waals surface area contributed by atoms with Crippen LogP contribution in [-0.2, 0) is 7.05 Å². The van der Waals surface area contributed by atoms with E-state index in [-0.39, 0.29) is 0 Å². The van der Waals surface area contributed by atoms with E-state index >= 15 is 0 Å². The first-order valence-corrected chi connectivity index (χ1v) is 6.07. The van der Waals surface area contributed by atoms with Gasteiger partial charge in [-0.05, 0) is 38.1 Å². The van der Waals surface area contributed by atoms with Gasteiger partial charge in [-0.25, -0.2) is 9.13 Å². The summed E-state index contributed by atoms with van der Waals surface area (Å²) in [6, 6.07) is 13.4. The monoisotopic (exact) mass is 225 g/mol. The number of aryl methyl sites for hydroxylation is 1. The van der Waals surface area contributed by atoms with Crippen LogP contribution in [0.5, 0.6) is 0 Å². The topological polar surface area (TPSA) is 8.81 Å². The number of benzene rings is 1. The Kier molecular flexibility index (Phi) is 2.18. The molecule has 0 saturated heterocycles. The van der Waals surface area contributed by atoms with Gasteiger partial charge >= 0.3 is 0 Å². The highest BCUT2D eigenvalue weighted by atomic mass is 15.1. The number of rotatable bonds is 1. The van der Waals surface area contributed by atoms with E-state index in [4.69, 9.17) is 0 Å². The molecule has 0 unspecified atom stereocenters. The van der Waals surface area contributed by atoms with Crippen molar-refractivity contribution in [3.8, 4) is 0 Å². The molecule has 17 heavy (non-hydrogen) atoms. The molecule has 0 spiro atoms. The Morgan fingerprint density at radius 3 is 2.47 bits per heavy atom. The Bertz CT molecular complexity index is 693. The second-order valence-electron chi connectivity index (χ2n) is 4.84. The van der Waals surface area contributed by atoms with Gasteiger partial charge in [0.25, 0.3) is 5.65 Å². The van der Waals surface area contributed by atoms with Crippen molar-refractivity contribution in [1.29, 1.82) is 0 Å². The van der Waals surface area contributed by atoms with Gasteiger partial charge in [0, 0.05) is 5.39 Å². The standard InChI is InChI=1S/C15H17N2/c1-11(2)17-14-9-5-4-7-12(14)13-8-6-10-16(3)15(13)17/h4-11H,1-3H3/q+1. The molecule has 0 saturated carbocycles. The summed E-state index contributed by atoms with van der Waals surface area (Å²) in [6.07, 6.45) is 2.11. The van der Waals surface area contributed by atoms with Crippen molar-refractivity contribution in [3.05, 3.63) is 42.6 Å². The van der Waals surface area contributed by atoms with E-state index in [0.717, 1.165) is 0 Å². The van der Waals surface area contributed by atoms with Crippen LogP contribution in [0.3, 0.4) is 0 Å². The van der Waals surface area contributed by atoms with Crippen molar-refractivity contribution >= 4 is 21.9 Å². The summed E-state index contributed by atoms with van der Waals surface area (Å²) in [5.74, 6) is 0. The Balaban J connectivity index is 2.63. The number of fused-ring (bicyclic) bond motifs is 3. The average Bonchev–Trinajstić information content (AvgIpc) is 2.65. The van der Waals surface area contributed by atoms with Gasteiger partial charge < -0.3 is 0 Å². The molecule has 0 fully saturated rings. The molecule has 2 nitrogen and oxygen atoms in total. The minimum Gasteiger partial charge on any atom is -0.236 e. The predicted molar refractivity (Wildman–Crippen MR) is 71.0 cm³/mol. The van der Waals surface area contributed by atoms with Crippen LogP contribution in [0, 0.1) is 0 Å². The molecule has 1 aromatic carbocycles. The Labute approximate surface area is 101 Å². The fraction of sp³-hybridized carbons (Fsp3) is 0.267. The predicted octanol–water partition coefficient (Wildman–Crippen LogP) is 3.20. The quantitative estimate of drug-likeness (QED) is 0.562. The molecular formula is C15H17N2+. The SMILES string of the molecule is CC(C)n1c2ccccc2c2ccc[n+](C)c21. The molecule has 0 aliphatic carbocycles. The summed E-state index contributed by atoms with van der Waals surface area (Å²) in [5, 5.41) is 2.67. The zero-order valence-electron chi connectivity index (χ0n) is 10.5. The lowest BCUT2D eigenvalue weighted by Crippen LogP contribution is -2.30. The molecule has 2 heteroatoms. The second-order valence-corrected chi connectivity index (χ2v) is 4.84. The molecule has 2 aromatic heterocycles. The van der Waals surface area contributed by atoms with Crippen LogP contribution in [-0.4, -0.2) is 4.57 Å². The lowest BCUT2D eigenvalue weighted by Gasteiger charge is -2.05. The van der Waals surface area contributed by atoms with Crippen molar-refractivity contribution < 1.29 is 4.57 Å². The maximum Gasteiger partial charge on any atom is 0.289 e. The number of pyridine rings is 1. The fourth-order valence-electron chi connectivity index (χ4n) is 2.66. The Morgan fingerprint density at radius 1 is 1.00 bits per heavy atom. The van der Waals surface area contributed by atoms with E-state index in [9.17, 15) is 0 Å². The summed E-state index contributed by atoms with van der Waals surface area (Å²) >= 11 is 0. The van der Waals surface area contributed by atoms with Crippen molar-refractivity contribution in [2.75, 3.05) is 0 Å². The van der Waals surface area contributed by atoms with Crippen molar-refractivity contribution in [3.63, 3.8) is 0 Å². The van der Waals surface area contributed by atoms with Gasteiger partial charge in [0.2, 0.25) is 0 Å². The van der Waals surface area contributed by atoms with Gasteiger partial charge in [0.15, 0.2) is 0 Å². The molecule has 2 heterocycles. The van der Waals surface area contributed by atoms with E-state index in [1.165, 1.54) is 21.9 Å². The van der Waals surface area contributed by atoms with Gasteiger partial charge in [0.05, 0.1) is 24.7 Å². The van der Waals surface area contributed by atoms with E-state index < -0.39 is 0 Å². The van der Waals surface area contributed by atoms with Gasteiger partial charge in [0.1, 0.15) is 5.52 Å². The number of aromatic nitrogens is 2. The normalized spacial score (nSPS) is 11.8. The molecular weight excluding hydrogens is 208 g/mol. The second kappa shape index (κ2) is 3.59. The maximum absolute atomic E-state index is 2.41. The van der Waals surface area contributed by atoms with E-state index in [1.54, 1.807) is 0 Å². The molecule has 3 aromatic rings. The average molecular weight is 225 g/mol. The number of para-hydroxylation sites is 1. The summed E-state index contributed by atoms with van der Waals surface area (Å²) in [4.78, 5) is 0. The van der Waals surface area contributed by atoms with E-state index in [1.807, 2.05) is 0 Å². The molecule has 0 amide bonds. The van der Waals surface area contributed by atoms with Crippen molar-refractivity contribution in [2.24, 2.45) is 7.05 Å². The molecule has 0 aliphatic rings. The summed E-state index contributed by atoms with van der Waals surface area (Å²) < 4.78 is 4.61. The van der Waals surface area contributed by atoms with Gasteiger partial charge in [-0.3, -0.25) is 0 Å². The molecule has 0 bridgehead atoms. The first-order valence-electron chi connectivity index (χ1n) is 6.07. The van der Waals surface area contributed by atoms with E-state index in [2.05, 4.69) is 72.6 Å². The molecule has 3 rings (SSSR count). The zero-order chi connectivity index (χ0) is 12.0. The highest BCUT2D eigenvalue weighted by molar-refractivity contribution is 6.05.